The summed E-state index contributed by atoms with van der Waals surface area (Å²) in [5.74, 6) is -2.56. The molecule has 1 aromatic rings. The fourth-order valence-electron chi connectivity index (χ4n) is 2.40. The number of carboxylic acid groups (broad SMARTS) is 1. The van der Waals surface area contributed by atoms with Crippen LogP contribution in [0.15, 0.2) is 18.2 Å². The quantitative estimate of drug-likeness (QED) is 0.863. The molecule has 1 saturated heterocycles. The van der Waals surface area contributed by atoms with Crippen molar-refractivity contribution < 1.29 is 32.6 Å². The second kappa shape index (κ2) is 6.68. The third-order valence-electron chi connectivity index (χ3n) is 3.77. The lowest BCUT2D eigenvalue weighted by molar-refractivity contribution is -0.227. The molecular weight excluding hydrogens is 374 g/mol. The van der Waals surface area contributed by atoms with Gasteiger partial charge < -0.3 is 14.7 Å². The summed E-state index contributed by atoms with van der Waals surface area (Å²) in [6.45, 7) is -1.81. The maximum Gasteiger partial charge on any atom is 0.406 e. The van der Waals surface area contributed by atoms with Crippen molar-refractivity contribution in [3.63, 3.8) is 0 Å². The van der Waals surface area contributed by atoms with E-state index < -0.39 is 43.0 Å². The highest BCUT2D eigenvalue weighted by molar-refractivity contribution is 6.34. The Morgan fingerprint density at radius 3 is 2.29 bits per heavy atom. The lowest BCUT2D eigenvalue weighted by atomic mass is 9.86. The van der Waals surface area contributed by atoms with Gasteiger partial charge in [-0.15, -0.1) is 0 Å². The van der Waals surface area contributed by atoms with E-state index >= 15 is 0 Å². The number of likely N-dealkylation sites (tertiary alicyclic amines) is 1. The number of carbonyl (C=O) groups excluding carboxylic acids is 1. The Morgan fingerprint density at radius 1 is 1.25 bits per heavy atom. The van der Waals surface area contributed by atoms with Gasteiger partial charge in [0.15, 0.2) is 12.0 Å². The fourth-order valence-corrected chi connectivity index (χ4v) is 2.90. The summed E-state index contributed by atoms with van der Waals surface area (Å²) in [6, 6.07) is 4.23. The normalized spacial score (nSPS) is 21.0. The molecule has 0 bridgehead atoms. The number of amides is 1. The standard InChI is InChI=1S/C14H12Cl2F3NO4/c15-8-3-9(16)5-10(4-8)24-6-11(21)20-2-1-13(7-20,12(22)23)14(17,18)19/h3-5H,1-2,6-7H2,(H,22,23). The largest absolute Gasteiger partial charge is 0.484 e. The maximum atomic E-state index is 13.1. The van der Waals surface area contributed by atoms with Gasteiger partial charge in [-0.05, 0) is 24.6 Å². The van der Waals surface area contributed by atoms with Crippen LogP contribution in [0.3, 0.4) is 0 Å². The number of ether oxygens (including phenoxy) is 1. The molecule has 0 aliphatic carbocycles. The molecule has 0 radical (unpaired) electrons. The molecule has 1 amide bonds. The molecule has 1 aliphatic rings. The van der Waals surface area contributed by atoms with Crippen molar-refractivity contribution in [2.75, 3.05) is 19.7 Å². The van der Waals surface area contributed by atoms with E-state index in [-0.39, 0.29) is 22.3 Å². The Balaban J connectivity index is 2.03. The van der Waals surface area contributed by atoms with Crippen molar-refractivity contribution in [3.05, 3.63) is 28.2 Å². The van der Waals surface area contributed by atoms with Gasteiger partial charge in [0.25, 0.3) is 5.91 Å². The second-order valence-electron chi connectivity index (χ2n) is 5.34. The summed E-state index contributed by atoms with van der Waals surface area (Å²) in [5, 5.41) is 9.49. The van der Waals surface area contributed by atoms with E-state index in [0.717, 1.165) is 4.90 Å². The van der Waals surface area contributed by atoms with Crippen LogP contribution in [0.5, 0.6) is 5.75 Å². The lowest BCUT2D eigenvalue weighted by Crippen LogP contribution is -2.48. The zero-order valence-corrected chi connectivity index (χ0v) is 13.6. The first-order chi connectivity index (χ1) is 11.0. The SMILES string of the molecule is O=C(COc1cc(Cl)cc(Cl)c1)N1CCC(C(=O)O)(C(F)(F)F)C1. The zero-order valence-electron chi connectivity index (χ0n) is 12.1. The predicted octanol–water partition coefficient (Wildman–Crippen LogP) is 3.24. The molecule has 0 aromatic heterocycles. The van der Waals surface area contributed by atoms with Crippen molar-refractivity contribution in [3.8, 4) is 5.75 Å². The number of halogens is 5. The van der Waals surface area contributed by atoms with Crippen molar-refractivity contribution in [2.24, 2.45) is 5.41 Å². The van der Waals surface area contributed by atoms with Crippen LogP contribution >= 0.6 is 23.2 Å². The number of carbonyl (C=O) groups is 2. The van der Waals surface area contributed by atoms with E-state index in [2.05, 4.69) is 0 Å². The smallest absolute Gasteiger partial charge is 0.406 e. The summed E-state index contributed by atoms with van der Waals surface area (Å²) in [4.78, 5) is 23.9. The predicted molar refractivity (Wildman–Crippen MR) is 79.3 cm³/mol. The minimum Gasteiger partial charge on any atom is -0.484 e. The van der Waals surface area contributed by atoms with Crippen LogP contribution in [-0.2, 0) is 9.59 Å². The molecule has 24 heavy (non-hydrogen) atoms. The molecular formula is C14H12Cl2F3NO4. The van der Waals surface area contributed by atoms with Gasteiger partial charge in [0.1, 0.15) is 5.75 Å². The molecule has 132 valence electrons. The van der Waals surface area contributed by atoms with Gasteiger partial charge in [0.05, 0.1) is 0 Å². The van der Waals surface area contributed by atoms with Gasteiger partial charge in [0.2, 0.25) is 0 Å². The number of rotatable bonds is 4. The van der Waals surface area contributed by atoms with E-state index in [1.54, 1.807) is 0 Å². The van der Waals surface area contributed by atoms with Crippen LogP contribution in [-0.4, -0.2) is 47.8 Å². The second-order valence-corrected chi connectivity index (χ2v) is 6.22. The molecule has 0 spiro atoms. The Kier molecular flexibility index (Phi) is 5.19. The molecule has 1 fully saturated rings. The van der Waals surface area contributed by atoms with Crippen LogP contribution in [0.2, 0.25) is 10.0 Å². The molecule has 10 heteroatoms. The average molecular weight is 386 g/mol. The molecule has 1 heterocycles. The molecule has 1 aromatic carbocycles. The number of aliphatic carboxylic acids is 1. The number of benzene rings is 1. The maximum absolute atomic E-state index is 13.1. The molecule has 1 N–H and O–H groups in total. The average Bonchev–Trinajstić information content (AvgIpc) is 2.90. The number of carboxylic acids is 1. The van der Waals surface area contributed by atoms with Gasteiger partial charge in [-0.1, -0.05) is 23.2 Å². The summed E-state index contributed by atoms with van der Waals surface area (Å²) in [5.41, 5.74) is -2.94. The van der Waals surface area contributed by atoms with E-state index in [0.29, 0.717) is 0 Å². The van der Waals surface area contributed by atoms with Crippen LogP contribution in [0, 0.1) is 5.41 Å². The van der Waals surface area contributed by atoms with Crippen LogP contribution in [0.1, 0.15) is 6.42 Å². The summed E-state index contributed by atoms with van der Waals surface area (Å²) in [7, 11) is 0. The van der Waals surface area contributed by atoms with E-state index in [1.165, 1.54) is 18.2 Å². The number of hydrogen-bond acceptors (Lipinski definition) is 3. The molecule has 2 rings (SSSR count). The fraction of sp³-hybridized carbons (Fsp3) is 0.429. The topological polar surface area (TPSA) is 66.8 Å². The Morgan fingerprint density at radius 2 is 1.83 bits per heavy atom. The Labute approximate surface area is 144 Å². The Bertz CT molecular complexity index is 648. The minimum atomic E-state index is -4.95. The molecule has 1 aliphatic heterocycles. The highest BCUT2D eigenvalue weighted by Crippen LogP contribution is 2.45. The van der Waals surface area contributed by atoms with Crippen molar-refractivity contribution >= 4 is 35.1 Å². The van der Waals surface area contributed by atoms with Gasteiger partial charge in [-0.2, -0.15) is 13.2 Å². The van der Waals surface area contributed by atoms with Crippen molar-refractivity contribution in [1.29, 1.82) is 0 Å². The van der Waals surface area contributed by atoms with E-state index in [4.69, 9.17) is 33.0 Å². The summed E-state index contributed by atoms with van der Waals surface area (Å²) < 4.78 is 44.4. The highest BCUT2D eigenvalue weighted by Gasteiger charge is 2.64. The van der Waals surface area contributed by atoms with Crippen molar-refractivity contribution in [2.45, 2.75) is 12.6 Å². The first kappa shape index (κ1) is 18.7. The van der Waals surface area contributed by atoms with E-state index in [9.17, 15) is 22.8 Å². The summed E-state index contributed by atoms with van der Waals surface area (Å²) in [6.07, 6.45) is -5.64. The lowest BCUT2D eigenvalue weighted by Gasteiger charge is -2.27. The third kappa shape index (κ3) is 3.70. The van der Waals surface area contributed by atoms with Gasteiger partial charge >= 0.3 is 12.1 Å². The van der Waals surface area contributed by atoms with Gasteiger partial charge in [0, 0.05) is 23.1 Å². The minimum absolute atomic E-state index is 0.181. The number of nitrogens with zero attached hydrogens (tertiary/aromatic N) is 1. The van der Waals surface area contributed by atoms with Gasteiger partial charge in [-0.3, -0.25) is 9.59 Å². The zero-order chi connectivity index (χ0) is 18.1. The molecule has 0 saturated carbocycles. The number of alkyl halides is 3. The molecule has 1 atom stereocenters. The van der Waals surface area contributed by atoms with Gasteiger partial charge in [-0.25, -0.2) is 0 Å². The van der Waals surface area contributed by atoms with Crippen LogP contribution in [0.25, 0.3) is 0 Å². The van der Waals surface area contributed by atoms with Crippen LogP contribution in [0.4, 0.5) is 13.2 Å². The Hall–Kier alpha value is -1.67. The highest BCUT2D eigenvalue weighted by atomic mass is 35.5. The first-order valence-corrected chi connectivity index (χ1v) is 7.47. The molecule has 5 nitrogen and oxygen atoms in total. The van der Waals surface area contributed by atoms with Crippen molar-refractivity contribution in [1.82, 2.24) is 4.90 Å². The molecule has 1 unspecified atom stereocenters. The van der Waals surface area contributed by atoms with Crippen LogP contribution < -0.4 is 4.74 Å². The third-order valence-corrected chi connectivity index (χ3v) is 4.21. The number of hydrogen-bond donors (Lipinski definition) is 1. The first-order valence-electron chi connectivity index (χ1n) is 6.72. The summed E-state index contributed by atoms with van der Waals surface area (Å²) >= 11 is 11.5. The monoisotopic (exact) mass is 385 g/mol. The van der Waals surface area contributed by atoms with E-state index in [1.807, 2.05) is 0 Å².